The number of aryl methyl sites for hydroxylation is 2. The molecule has 1 atom stereocenters. The molecule has 1 N–H and O–H groups in total. The zero-order chi connectivity index (χ0) is 14.0. The van der Waals surface area contributed by atoms with Gasteiger partial charge >= 0.3 is 0 Å². The van der Waals surface area contributed by atoms with Gasteiger partial charge in [0.25, 0.3) is 0 Å². The fourth-order valence-corrected chi connectivity index (χ4v) is 4.14. The molecule has 1 aliphatic carbocycles. The van der Waals surface area contributed by atoms with Crippen molar-refractivity contribution in [3.63, 3.8) is 0 Å². The molecule has 0 aromatic carbocycles. The first kappa shape index (κ1) is 15.0. The number of nitrogens with zero attached hydrogens (tertiary/aromatic N) is 1. The fraction of sp³-hybridized carbons (Fsp3) is 0.812. The molecule has 1 aromatic rings. The molecule has 108 valence electrons. The van der Waals surface area contributed by atoms with Gasteiger partial charge in [0.2, 0.25) is 0 Å². The second kappa shape index (κ2) is 5.92. The van der Waals surface area contributed by atoms with E-state index in [2.05, 4.69) is 40.1 Å². The predicted octanol–water partition coefficient (Wildman–Crippen LogP) is 4.11. The number of rotatable bonds is 4. The number of nitrogens with one attached hydrogen (secondary N) is 1. The molecule has 0 radical (unpaired) electrons. The van der Waals surface area contributed by atoms with Crippen molar-refractivity contribution in [2.45, 2.75) is 65.8 Å². The van der Waals surface area contributed by atoms with E-state index in [1.807, 2.05) is 11.3 Å². The lowest BCUT2D eigenvalue weighted by Crippen LogP contribution is -2.38. The summed E-state index contributed by atoms with van der Waals surface area (Å²) < 4.78 is 0. The molecule has 1 aromatic heterocycles. The van der Waals surface area contributed by atoms with E-state index < -0.39 is 0 Å². The van der Waals surface area contributed by atoms with E-state index in [4.69, 9.17) is 4.98 Å². The molecule has 2 rings (SSSR count). The van der Waals surface area contributed by atoms with Gasteiger partial charge in [0.15, 0.2) is 0 Å². The lowest BCUT2D eigenvalue weighted by Gasteiger charge is -2.37. The highest BCUT2D eigenvalue weighted by molar-refractivity contribution is 7.11. The molecular formula is C16H28N2S. The predicted molar refractivity (Wildman–Crippen MR) is 83.9 cm³/mol. The van der Waals surface area contributed by atoms with Crippen LogP contribution in [0.25, 0.3) is 0 Å². The largest absolute Gasteiger partial charge is 0.316 e. The van der Waals surface area contributed by atoms with Gasteiger partial charge in [-0.15, -0.1) is 11.3 Å². The molecule has 0 spiro atoms. The summed E-state index contributed by atoms with van der Waals surface area (Å²) in [6.07, 6.45) is 6.56. The first-order valence-electron chi connectivity index (χ1n) is 7.51. The van der Waals surface area contributed by atoms with Crippen LogP contribution in [0.5, 0.6) is 0 Å². The minimum absolute atomic E-state index is 0.559. The van der Waals surface area contributed by atoms with Crippen molar-refractivity contribution in [1.29, 1.82) is 0 Å². The van der Waals surface area contributed by atoms with Gasteiger partial charge in [-0.3, -0.25) is 0 Å². The third-order valence-corrected chi connectivity index (χ3v) is 5.89. The number of aromatic nitrogens is 1. The third-order valence-electron chi connectivity index (χ3n) is 4.79. The standard InChI is InChI=1S/C16H28N2S/c1-11-12(2)19-15(18-11)10-14(17-5)13-6-8-16(3,4)9-7-13/h13-14,17H,6-10H2,1-5H3. The highest BCUT2D eigenvalue weighted by Gasteiger charge is 2.31. The van der Waals surface area contributed by atoms with Gasteiger partial charge in [0, 0.05) is 17.3 Å². The SMILES string of the molecule is CNC(Cc1nc(C)c(C)s1)C1CCC(C)(C)CC1. The van der Waals surface area contributed by atoms with Crippen LogP contribution in [0.1, 0.15) is 55.1 Å². The van der Waals surface area contributed by atoms with Crippen LogP contribution in [0, 0.1) is 25.2 Å². The Balaban J connectivity index is 1.97. The maximum absolute atomic E-state index is 4.70. The first-order chi connectivity index (χ1) is 8.91. The summed E-state index contributed by atoms with van der Waals surface area (Å²) in [7, 11) is 2.11. The molecule has 0 amide bonds. The van der Waals surface area contributed by atoms with Crippen molar-refractivity contribution >= 4 is 11.3 Å². The van der Waals surface area contributed by atoms with Crippen LogP contribution in [-0.2, 0) is 6.42 Å². The normalized spacial score (nSPS) is 21.5. The maximum Gasteiger partial charge on any atom is 0.0946 e. The van der Waals surface area contributed by atoms with Crippen molar-refractivity contribution in [3.8, 4) is 0 Å². The van der Waals surface area contributed by atoms with E-state index in [0.717, 1.165) is 12.3 Å². The summed E-state index contributed by atoms with van der Waals surface area (Å²) in [4.78, 5) is 6.07. The average Bonchev–Trinajstić information content (AvgIpc) is 2.66. The summed E-state index contributed by atoms with van der Waals surface area (Å²) in [6.45, 7) is 9.11. The van der Waals surface area contributed by atoms with Gasteiger partial charge in [-0.05, 0) is 57.9 Å². The summed E-state index contributed by atoms with van der Waals surface area (Å²) in [5.41, 5.74) is 1.77. The smallest absolute Gasteiger partial charge is 0.0946 e. The molecular weight excluding hydrogens is 252 g/mol. The van der Waals surface area contributed by atoms with Crippen LogP contribution in [-0.4, -0.2) is 18.1 Å². The number of likely N-dealkylation sites (N-methyl/N-ethyl adjacent to an activating group) is 1. The Morgan fingerprint density at radius 3 is 2.42 bits per heavy atom. The molecule has 0 saturated heterocycles. The van der Waals surface area contributed by atoms with Crippen LogP contribution >= 0.6 is 11.3 Å². The third kappa shape index (κ3) is 3.79. The second-order valence-electron chi connectivity index (χ2n) is 6.85. The Kier molecular flexibility index (Phi) is 4.67. The topological polar surface area (TPSA) is 24.9 Å². The van der Waals surface area contributed by atoms with Crippen molar-refractivity contribution in [2.24, 2.45) is 11.3 Å². The molecule has 1 aliphatic rings. The molecule has 0 bridgehead atoms. The lowest BCUT2D eigenvalue weighted by molar-refractivity contribution is 0.163. The Labute approximate surface area is 122 Å². The summed E-state index contributed by atoms with van der Waals surface area (Å²) in [6, 6.07) is 0.598. The van der Waals surface area contributed by atoms with Gasteiger partial charge in [0.1, 0.15) is 0 Å². The molecule has 1 unspecified atom stereocenters. The van der Waals surface area contributed by atoms with Gasteiger partial charge < -0.3 is 5.32 Å². The minimum atomic E-state index is 0.559. The Bertz CT molecular complexity index is 393. The minimum Gasteiger partial charge on any atom is -0.316 e. The Hall–Kier alpha value is -0.410. The van der Waals surface area contributed by atoms with Crippen molar-refractivity contribution in [1.82, 2.24) is 10.3 Å². The van der Waals surface area contributed by atoms with Crippen LogP contribution in [0.2, 0.25) is 0 Å². The van der Waals surface area contributed by atoms with Crippen LogP contribution in [0.3, 0.4) is 0 Å². The molecule has 19 heavy (non-hydrogen) atoms. The average molecular weight is 280 g/mol. The van der Waals surface area contributed by atoms with E-state index in [9.17, 15) is 0 Å². The monoisotopic (exact) mass is 280 g/mol. The van der Waals surface area contributed by atoms with Gasteiger partial charge in [-0.2, -0.15) is 0 Å². The maximum atomic E-state index is 4.70. The van der Waals surface area contributed by atoms with Crippen LogP contribution < -0.4 is 5.32 Å². The fourth-order valence-electron chi connectivity index (χ4n) is 3.14. The number of thiazole rings is 1. The lowest BCUT2D eigenvalue weighted by atomic mass is 9.71. The van der Waals surface area contributed by atoms with E-state index in [-0.39, 0.29) is 0 Å². The zero-order valence-electron chi connectivity index (χ0n) is 13.0. The van der Waals surface area contributed by atoms with Gasteiger partial charge in [-0.1, -0.05) is 13.8 Å². The van der Waals surface area contributed by atoms with E-state index in [1.165, 1.54) is 41.3 Å². The van der Waals surface area contributed by atoms with E-state index in [1.54, 1.807) is 0 Å². The van der Waals surface area contributed by atoms with Gasteiger partial charge in [-0.25, -0.2) is 4.98 Å². The Morgan fingerprint density at radius 1 is 1.32 bits per heavy atom. The summed E-state index contributed by atoms with van der Waals surface area (Å²) in [5, 5.41) is 4.85. The van der Waals surface area contributed by atoms with Crippen molar-refractivity contribution in [2.75, 3.05) is 7.05 Å². The quantitative estimate of drug-likeness (QED) is 0.898. The first-order valence-corrected chi connectivity index (χ1v) is 8.33. The van der Waals surface area contributed by atoms with E-state index in [0.29, 0.717) is 11.5 Å². The molecule has 1 fully saturated rings. The number of hydrogen-bond donors (Lipinski definition) is 1. The second-order valence-corrected chi connectivity index (χ2v) is 8.14. The highest BCUT2D eigenvalue weighted by Crippen LogP contribution is 2.39. The van der Waals surface area contributed by atoms with Crippen molar-refractivity contribution in [3.05, 3.63) is 15.6 Å². The summed E-state index contributed by atoms with van der Waals surface area (Å²) >= 11 is 1.87. The highest BCUT2D eigenvalue weighted by atomic mass is 32.1. The van der Waals surface area contributed by atoms with E-state index >= 15 is 0 Å². The molecule has 1 heterocycles. The zero-order valence-corrected chi connectivity index (χ0v) is 13.9. The van der Waals surface area contributed by atoms with Crippen molar-refractivity contribution < 1.29 is 0 Å². The molecule has 1 saturated carbocycles. The molecule has 0 aliphatic heterocycles. The molecule has 3 heteroatoms. The Morgan fingerprint density at radius 2 is 1.95 bits per heavy atom. The summed E-state index contributed by atoms with van der Waals surface area (Å²) in [5.74, 6) is 0.822. The number of hydrogen-bond acceptors (Lipinski definition) is 3. The van der Waals surface area contributed by atoms with Crippen LogP contribution in [0.15, 0.2) is 0 Å². The van der Waals surface area contributed by atoms with Crippen LogP contribution in [0.4, 0.5) is 0 Å². The van der Waals surface area contributed by atoms with Gasteiger partial charge in [0.05, 0.1) is 10.7 Å². The molecule has 2 nitrogen and oxygen atoms in total.